The van der Waals surface area contributed by atoms with Gasteiger partial charge in [0.25, 0.3) is 0 Å². The quantitative estimate of drug-likeness (QED) is 0.876. The molecule has 0 spiro atoms. The molecule has 1 heterocycles. The van der Waals surface area contributed by atoms with Crippen molar-refractivity contribution >= 4 is 11.5 Å². The van der Waals surface area contributed by atoms with Crippen LogP contribution in [-0.4, -0.2) is 5.84 Å². The number of hydrogen-bond acceptors (Lipinski definition) is 1. The van der Waals surface area contributed by atoms with Crippen LogP contribution in [0.3, 0.4) is 0 Å². The van der Waals surface area contributed by atoms with Crippen molar-refractivity contribution in [2.75, 3.05) is 4.90 Å². The fourth-order valence-corrected chi connectivity index (χ4v) is 2.74. The molecule has 0 saturated carbocycles. The maximum atomic E-state index is 8.38. The lowest BCUT2D eigenvalue weighted by molar-refractivity contribution is 0.909. The first kappa shape index (κ1) is 12.0. The van der Waals surface area contributed by atoms with Gasteiger partial charge in [0.15, 0.2) is 0 Å². The molecule has 3 rings (SSSR count). The van der Waals surface area contributed by atoms with E-state index in [0.29, 0.717) is 5.84 Å². The number of hydrogen-bond donors (Lipinski definition) is 1. The first-order chi connectivity index (χ1) is 9.31. The van der Waals surface area contributed by atoms with E-state index in [-0.39, 0.29) is 0 Å². The molecule has 96 valence electrons. The van der Waals surface area contributed by atoms with Crippen LogP contribution in [0.5, 0.6) is 0 Å². The highest BCUT2D eigenvalue weighted by molar-refractivity contribution is 6.11. The van der Waals surface area contributed by atoms with Crippen LogP contribution in [0.25, 0.3) is 0 Å². The second kappa shape index (κ2) is 4.88. The lowest BCUT2D eigenvalue weighted by Gasteiger charge is -2.21. The Balaban J connectivity index is 2.00. The van der Waals surface area contributed by atoms with E-state index in [1.165, 1.54) is 16.8 Å². The molecule has 2 aromatic carbocycles. The molecule has 1 aliphatic heterocycles. The zero-order valence-corrected chi connectivity index (χ0v) is 11.2. The number of fused-ring (bicyclic) bond motifs is 1. The fraction of sp³-hybridized carbons (Fsp3) is 0.235. The number of amidine groups is 1. The van der Waals surface area contributed by atoms with E-state index in [0.717, 1.165) is 24.9 Å². The monoisotopic (exact) mass is 250 g/mol. The Morgan fingerprint density at radius 3 is 2.58 bits per heavy atom. The van der Waals surface area contributed by atoms with Crippen LogP contribution in [0.2, 0.25) is 0 Å². The second-order valence-corrected chi connectivity index (χ2v) is 4.97. The van der Waals surface area contributed by atoms with Crippen LogP contribution in [0.1, 0.15) is 30.0 Å². The molecule has 2 heteroatoms. The van der Waals surface area contributed by atoms with Crippen LogP contribution < -0.4 is 4.90 Å². The Hall–Kier alpha value is -2.09. The Labute approximate surface area is 114 Å². The van der Waals surface area contributed by atoms with Crippen molar-refractivity contribution in [1.82, 2.24) is 0 Å². The molecular weight excluding hydrogens is 232 g/mol. The first-order valence-electron chi connectivity index (χ1n) is 6.83. The zero-order valence-electron chi connectivity index (χ0n) is 11.2. The summed E-state index contributed by atoms with van der Waals surface area (Å²) in [7, 11) is 0. The van der Waals surface area contributed by atoms with E-state index in [1.54, 1.807) is 0 Å². The minimum absolute atomic E-state index is 0.624. The molecule has 0 amide bonds. The standard InChI is InChI=1S/C17H18N2/c1-2-7-13-8-4-6-11-16(13)19-12-14-9-3-5-10-15(14)17(19)18/h3-6,8-11,18H,2,7,12H2,1H3. The predicted octanol–water partition coefficient (Wildman–Crippen LogP) is 3.98. The summed E-state index contributed by atoms with van der Waals surface area (Å²) in [4.78, 5) is 2.12. The number of rotatable bonds is 3. The molecule has 1 N–H and O–H groups in total. The molecule has 0 atom stereocenters. The van der Waals surface area contributed by atoms with Crippen molar-refractivity contribution in [2.45, 2.75) is 26.3 Å². The van der Waals surface area contributed by atoms with Crippen molar-refractivity contribution in [3.63, 3.8) is 0 Å². The minimum atomic E-state index is 0.624. The molecule has 0 bridgehead atoms. The third-order valence-electron chi connectivity index (χ3n) is 3.67. The first-order valence-corrected chi connectivity index (χ1v) is 6.83. The van der Waals surface area contributed by atoms with E-state index in [4.69, 9.17) is 5.41 Å². The van der Waals surface area contributed by atoms with Gasteiger partial charge in [0, 0.05) is 11.3 Å². The Morgan fingerprint density at radius 1 is 1.05 bits per heavy atom. The van der Waals surface area contributed by atoms with Gasteiger partial charge in [-0.05, 0) is 23.6 Å². The van der Waals surface area contributed by atoms with Crippen LogP contribution in [0.4, 0.5) is 5.69 Å². The molecule has 0 aliphatic carbocycles. The number of nitrogens with one attached hydrogen (secondary N) is 1. The van der Waals surface area contributed by atoms with Crippen molar-refractivity contribution in [2.24, 2.45) is 0 Å². The molecule has 0 unspecified atom stereocenters. The largest absolute Gasteiger partial charge is 0.322 e. The molecule has 2 aromatic rings. The molecular formula is C17H18N2. The van der Waals surface area contributed by atoms with Crippen LogP contribution in [-0.2, 0) is 13.0 Å². The lowest BCUT2D eigenvalue weighted by Crippen LogP contribution is -2.24. The van der Waals surface area contributed by atoms with Gasteiger partial charge in [0.2, 0.25) is 0 Å². The van der Waals surface area contributed by atoms with Gasteiger partial charge in [-0.15, -0.1) is 0 Å². The predicted molar refractivity (Wildman–Crippen MR) is 79.9 cm³/mol. The lowest BCUT2D eigenvalue weighted by atomic mass is 10.1. The minimum Gasteiger partial charge on any atom is -0.322 e. The van der Waals surface area contributed by atoms with E-state index < -0.39 is 0 Å². The number of aryl methyl sites for hydroxylation is 1. The molecule has 0 aromatic heterocycles. The number of anilines is 1. The van der Waals surface area contributed by atoms with Crippen LogP contribution in [0, 0.1) is 5.41 Å². The number of benzene rings is 2. The third kappa shape index (κ3) is 2.03. The summed E-state index contributed by atoms with van der Waals surface area (Å²) in [5, 5.41) is 8.38. The topological polar surface area (TPSA) is 27.1 Å². The van der Waals surface area contributed by atoms with Gasteiger partial charge < -0.3 is 4.90 Å². The van der Waals surface area contributed by atoms with Crippen molar-refractivity contribution in [1.29, 1.82) is 5.41 Å². The van der Waals surface area contributed by atoms with Crippen LogP contribution in [0.15, 0.2) is 48.5 Å². The van der Waals surface area contributed by atoms with E-state index in [9.17, 15) is 0 Å². The van der Waals surface area contributed by atoms with E-state index in [1.807, 2.05) is 18.2 Å². The summed E-state index contributed by atoms with van der Waals surface area (Å²) in [6.45, 7) is 3.01. The molecule has 19 heavy (non-hydrogen) atoms. The summed E-state index contributed by atoms with van der Waals surface area (Å²) in [6, 6.07) is 16.7. The summed E-state index contributed by atoms with van der Waals surface area (Å²) in [5.41, 5.74) is 4.83. The van der Waals surface area contributed by atoms with Crippen LogP contribution >= 0.6 is 0 Å². The highest BCUT2D eigenvalue weighted by Gasteiger charge is 2.25. The normalized spacial score (nSPS) is 13.7. The van der Waals surface area contributed by atoms with E-state index in [2.05, 4.69) is 42.2 Å². The Bertz CT molecular complexity index is 616. The maximum Gasteiger partial charge on any atom is 0.133 e. The summed E-state index contributed by atoms with van der Waals surface area (Å²) >= 11 is 0. The summed E-state index contributed by atoms with van der Waals surface area (Å²) < 4.78 is 0. The van der Waals surface area contributed by atoms with Gasteiger partial charge in [-0.2, -0.15) is 0 Å². The zero-order chi connectivity index (χ0) is 13.2. The number of nitrogens with zero attached hydrogens (tertiary/aromatic N) is 1. The van der Waals surface area contributed by atoms with Gasteiger partial charge in [-0.25, -0.2) is 0 Å². The second-order valence-electron chi connectivity index (χ2n) is 4.97. The molecule has 2 nitrogen and oxygen atoms in total. The highest BCUT2D eigenvalue weighted by atomic mass is 15.2. The van der Waals surface area contributed by atoms with Crippen molar-refractivity contribution in [3.8, 4) is 0 Å². The highest BCUT2D eigenvalue weighted by Crippen LogP contribution is 2.30. The van der Waals surface area contributed by atoms with Gasteiger partial charge >= 0.3 is 0 Å². The van der Waals surface area contributed by atoms with E-state index >= 15 is 0 Å². The molecule has 0 radical (unpaired) electrons. The maximum absolute atomic E-state index is 8.38. The fourth-order valence-electron chi connectivity index (χ4n) is 2.74. The average Bonchev–Trinajstić information content (AvgIpc) is 2.78. The Kier molecular flexibility index (Phi) is 3.08. The average molecular weight is 250 g/mol. The number of para-hydroxylation sites is 1. The molecule has 0 fully saturated rings. The van der Waals surface area contributed by atoms with Gasteiger partial charge in [0.1, 0.15) is 5.84 Å². The van der Waals surface area contributed by atoms with Gasteiger partial charge in [-0.3, -0.25) is 5.41 Å². The summed E-state index contributed by atoms with van der Waals surface area (Å²) in [6.07, 6.45) is 2.20. The van der Waals surface area contributed by atoms with Crippen molar-refractivity contribution < 1.29 is 0 Å². The molecule has 1 aliphatic rings. The van der Waals surface area contributed by atoms with Gasteiger partial charge in [-0.1, -0.05) is 55.8 Å². The summed E-state index contributed by atoms with van der Waals surface area (Å²) in [5.74, 6) is 0.624. The van der Waals surface area contributed by atoms with Crippen molar-refractivity contribution in [3.05, 3.63) is 65.2 Å². The smallest absolute Gasteiger partial charge is 0.133 e. The third-order valence-corrected chi connectivity index (χ3v) is 3.67. The van der Waals surface area contributed by atoms with Gasteiger partial charge in [0.05, 0.1) is 6.54 Å². The SMILES string of the molecule is CCCc1ccccc1N1Cc2ccccc2C1=N. The Morgan fingerprint density at radius 2 is 1.79 bits per heavy atom. The molecule has 0 saturated heterocycles.